The van der Waals surface area contributed by atoms with Crippen LogP contribution in [0.3, 0.4) is 0 Å². The fourth-order valence-electron chi connectivity index (χ4n) is 3.04. The van der Waals surface area contributed by atoms with Crippen LogP contribution in [0.15, 0.2) is 40.4 Å². The van der Waals surface area contributed by atoms with Crippen LogP contribution in [0.5, 0.6) is 0 Å². The Morgan fingerprint density at radius 2 is 1.75 bits per heavy atom. The number of hydroxylamine groups is 1. The number of nitrogens with one attached hydrogen (secondary N) is 1. The second-order valence-electron chi connectivity index (χ2n) is 6.52. The van der Waals surface area contributed by atoms with Gasteiger partial charge in [-0.1, -0.05) is 6.92 Å². The van der Waals surface area contributed by atoms with Gasteiger partial charge in [-0.3, -0.25) is 19.9 Å². The molecule has 0 atom stereocenters. The van der Waals surface area contributed by atoms with Crippen molar-refractivity contribution < 1.29 is 27.6 Å². The lowest BCUT2D eigenvalue weighted by Crippen LogP contribution is -2.30. The quantitative estimate of drug-likeness (QED) is 0.282. The number of alkyl halides is 3. The minimum absolute atomic E-state index is 0.0455. The molecule has 154 valence electrons. The van der Waals surface area contributed by atoms with Crippen molar-refractivity contribution in [3.8, 4) is 0 Å². The van der Waals surface area contributed by atoms with E-state index in [9.17, 15) is 22.8 Å². The Morgan fingerprint density at radius 3 is 2.25 bits per heavy atom. The maximum atomic E-state index is 12.6. The second kappa shape index (κ2) is 10.1. The maximum absolute atomic E-state index is 12.6. The average molecular weight is 415 g/mol. The molecule has 1 fully saturated rings. The van der Waals surface area contributed by atoms with Crippen molar-refractivity contribution in [3.63, 3.8) is 0 Å². The smallest absolute Gasteiger partial charge is 0.294 e. The number of thioether (sulfide) groups is 1. The largest absolute Gasteiger partial charge is 0.416 e. The molecule has 0 bridgehead atoms. The zero-order valence-electron chi connectivity index (χ0n) is 15.9. The predicted molar refractivity (Wildman–Crippen MR) is 102 cm³/mol. The first-order chi connectivity index (χ1) is 13.3. The highest BCUT2D eigenvalue weighted by Gasteiger charge is 2.32. The Bertz CT molecular complexity index is 709. The molecule has 1 aliphatic rings. The van der Waals surface area contributed by atoms with Gasteiger partial charge in [-0.05, 0) is 55.7 Å². The van der Waals surface area contributed by atoms with E-state index in [1.807, 2.05) is 6.92 Å². The summed E-state index contributed by atoms with van der Waals surface area (Å²) in [5.74, 6) is 0.235. The molecule has 0 aromatic heterocycles. The van der Waals surface area contributed by atoms with E-state index in [2.05, 4.69) is 5.48 Å². The summed E-state index contributed by atoms with van der Waals surface area (Å²) in [4.78, 5) is 30.8. The number of hydrogen-bond acceptors (Lipinski definition) is 5. The third-order valence-electron chi connectivity index (χ3n) is 4.48. The fourth-order valence-corrected chi connectivity index (χ4v) is 4.06. The molecule has 1 N–H and O–H groups in total. The molecular weight excluding hydrogens is 391 g/mol. The van der Waals surface area contributed by atoms with E-state index >= 15 is 0 Å². The van der Waals surface area contributed by atoms with E-state index in [0.29, 0.717) is 43.7 Å². The van der Waals surface area contributed by atoms with Crippen LogP contribution in [0, 0.1) is 5.92 Å². The van der Waals surface area contributed by atoms with Gasteiger partial charge in [0.05, 0.1) is 23.4 Å². The lowest BCUT2D eigenvalue weighted by atomic mass is 9.81. The second-order valence-corrected chi connectivity index (χ2v) is 7.69. The minimum Gasteiger partial charge on any atom is -0.294 e. The van der Waals surface area contributed by atoms with Gasteiger partial charge in [0.15, 0.2) is 11.6 Å². The molecule has 4 nitrogen and oxygen atoms in total. The average Bonchev–Trinajstić information content (AvgIpc) is 2.63. The van der Waals surface area contributed by atoms with Gasteiger partial charge >= 0.3 is 6.18 Å². The molecule has 2 rings (SSSR count). The van der Waals surface area contributed by atoms with E-state index < -0.39 is 11.7 Å². The number of hydrogen-bond donors (Lipinski definition) is 1. The van der Waals surface area contributed by atoms with Crippen molar-refractivity contribution in [2.24, 2.45) is 5.92 Å². The topological polar surface area (TPSA) is 55.4 Å². The number of allylic oxidation sites excluding steroid dienone is 2. The first kappa shape index (κ1) is 22.5. The molecule has 0 amide bonds. The van der Waals surface area contributed by atoms with Crippen LogP contribution in [0.25, 0.3) is 0 Å². The van der Waals surface area contributed by atoms with Gasteiger partial charge in [-0.25, -0.2) is 0 Å². The van der Waals surface area contributed by atoms with Crippen LogP contribution in [0.2, 0.25) is 0 Å². The molecule has 0 saturated heterocycles. The SMILES string of the molecule is CCONC(CC)=C1C(=O)CC(CCSc2ccc(C(F)(F)F)cc2)CC1=O. The summed E-state index contributed by atoms with van der Waals surface area (Å²) in [5.41, 5.74) is 2.76. The van der Waals surface area contributed by atoms with Gasteiger partial charge in [-0.2, -0.15) is 13.2 Å². The van der Waals surface area contributed by atoms with E-state index in [1.165, 1.54) is 23.9 Å². The van der Waals surface area contributed by atoms with E-state index in [1.54, 1.807) is 6.92 Å². The molecule has 1 aromatic carbocycles. The fraction of sp³-hybridized carbons (Fsp3) is 0.500. The number of halogens is 3. The van der Waals surface area contributed by atoms with Gasteiger partial charge < -0.3 is 0 Å². The molecule has 0 aliphatic heterocycles. The van der Waals surface area contributed by atoms with Gasteiger partial charge in [0, 0.05) is 17.7 Å². The monoisotopic (exact) mass is 415 g/mol. The molecule has 1 saturated carbocycles. The first-order valence-corrected chi connectivity index (χ1v) is 10.2. The molecule has 0 radical (unpaired) electrons. The summed E-state index contributed by atoms with van der Waals surface area (Å²) in [6.45, 7) is 4.07. The highest BCUT2D eigenvalue weighted by Crippen LogP contribution is 2.32. The summed E-state index contributed by atoms with van der Waals surface area (Å²) >= 11 is 1.42. The molecule has 0 spiro atoms. The van der Waals surface area contributed by atoms with Crippen LogP contribution in [-0.2, 0) is 20.6 Å². The van der Waals surface area contributed by atoms with E-state index in [-0.39, 0.29) is 23.1 Å². The van der Waals surface area contributed by atoms with Crippen LogP contribution in [0.1, 0.15) is 45.1 Å². The van der Waals surface area contributed by atoms with E-state index in [0.717, 1.165) is 17.0 Å². The molecule has 0 unspecified atom stereocenters. The molecule has 1 aliphatic carbocycles. The molecule has 28 heavy (non-hydrogen) atoms. The number of benzene rings is 1. The van der Waals surface area contributed by atoms with Crippen molar-refractivity contribution in [3.05, 3.63) is 41.1 Å². The molecule has 1 aromatic rings. The van der Waals surface area contributed by atoms with Crippen LogP contribution >= 0.6 is 11.8 Å². The Morgan fingerprint density at radius 1 is 1.14 bits per heavy atom. The number of rotatable bonds is 8. The highest BCUT2D eigenvalue weighted by molar-refractivity contribution is 7.99. The Balaban J connectivity index is 1.89. The Labute approximate surface area is 166 Å². The maximum Gasteiger partial charge on any atom is 0.416 e. The predicted octanol–water partition coefficient (Wildman–Crippen LogP) is 4.94. The zero-order chi connectivity index (χ0) is 20.7. The summed E-state index contributed by atoms with van der Waals surface area (Å²) in [7, 11) is 0. The van der Waals surface area contributed by atoms with Crippen molar-refractivity contribution in [2.75, 3.05) is 12.4 Å². The summed E-state index contributed by atoms with van der Waals surface area (Å²) in [6, 6.07) is 5.01. The lowest BCUT2D eigenvalue weighted by Gasteiger charge is -2.24. The van der Waals surface area contributed by atoms with E-state index in [4.69, 9.17) is 4.84 Å². The number of Topliss-reactive ketones (excluding diaryl/α,β-unsaturated/α-hetero) is 2. The molecule has 0 heterocycles. The third kappa shape index (κ3) is 6.10. The van der Waals surface area contributed by atoms with Gasteiger partial charge in [0.25, 0.3) is 0 Å². The summed E-state index contributed by atoms with van der Waals surface area (Å²) in [5, 5.41) is 0. The highest BCUT2D eigenvalue weighted by atomic mass is 32.2. The number of ketones is 2. The third-order valence-corrected chi connectivity index (χ3v) is 5.52. The van der Waals surface area contributed by atoms with Crippen molar-refractivity contribution >= 4 is 23.3 Å². The Hall–Kier alpha value is -1.80. The summed E-state index contributed by atoms with van der Waals surface area (Å²) in [6.07, 6.45) is -2.60. The lowest BCUT2D eigenvalue weighted by molar-refractivity contribution is -0.137. The van der Waals surface area contributed by atoms with Crippen LogP contribution in [0.4, 0.5) is 13.2 Å². The van der Waals surface area contributed by atoms with Crippen LogP contribution < -0.4 is 5.48 Å². The van der Waals surface area contributed by atoms with Gasteiger partial charge in [-0.15, -0.1) is 11.8 Å². The van der Waals surface area contributed by atoms with Crippen molar-refractivity contribution in [1.29, 1.82) is 0 Å². The standard InChI is InChI=1S/C20H24F3NO3S/c1-3-16(24-27-4-2)19-17(25)11-13(12-18(19)26)9-10-28-15-7-5-14(6-8-15)20(21,22)23/h5-8,13,24H,3-4,9-12H2,1-2H3. The number of carbonyl (C=O) groups is 2. The normalized spacial score (nSPS) is 17.8. The zero-order valence-corrected chi connectivity index (χ0v) is 16.7. The van der Waals surface area contributed by atoms with Crippen LogP contribution in [-0.4, -0.2) is 23.9 Å². The minimum atomic E-state index is -4.34. The Kier molecular flexibility index (Phi) is 8.12. The molecule has 8 heteroatoms. The van der Waals surface area contributed by atoms with Crippen molar-refractivity contribution in [1.82, 2.24) is 5.48 Å². The summed E-state index contributed by atoms with van der Waals surface area (Å²) < 4.78 is 37.8. The van der Waals surface area contributed by atoms with Gasteiger partial charge in [0.1, 0.15) is 0 Å². The molecular formula is C20H24F3NO3S. The number of carbonyl (C=O) groups excluding carboxylic acids is 2. The van der Waals surface area contributed by atoms with Gasteiger partial charge in [0.2, 0.25) is 0 Å². The first-order valence-electron chi connectivity index (χ1n) is 9.23. The van der Waals surface area contributed by atoms with Crippen molar-refractivity contribution in [2.45, 2.75) is 50.6 Å².